The lowest BCUT2D eigenvalue weighted by Crippen LogP contribution is -2.13. The molecule has 0 bridgehead atoms. The minimum Gasteiger partial charge on any atom is -0.466 e. The molecule has 0 spiro atoms. The molecule has 24 heavy (non-hydrogen) atoms. The van der Waals surface area contributed by atoms with E-state index in [0.29, 0.717) is 5.69 Å². The van der Waals surface area contributed by atoms with Crippen molar-refractivity contribution in [1.29, 1.82) is 0 Å². The molecule has 9 nitrogen and oxygen atoms in total. The van der Waals surface area contributed by atoms with Crippen molar-refractivity contribution in [2.75, 3.05) is 17.7 Å². The first-order chi connectivity index (χ1) is 11.4. The van der Waals surface area contributed by atoms with Crippen LogP contribution in [-0.4, -0.2) is 28.4 Å². The number of carbonyl (C=O) groups excluding carboxylic acids is 2. The fraction of sp³-hybridized carbons (Fsp3) is 0.214. The number of thiazole rings is 1. The molecule has 126 valence electrons. The normalized spacial score (nSPS) is 10.2. The third kappa shape index (κ3) is 4.26. The van der Waals surface area contributed by atoms with Gasteiger partial charge in [0.1, 0.15) is 5.69 Å². The first kappa shape index (κ1) is 17.3. The number of ether oxygens (including phenoxy) is 1. The quantitative estimate of drug-likeness (QED) is 0.351. The largest absolute Gasteiger partial charge is 0.466 e. The van der Waals surface area contributed by atoms with Crippen LogP contribution in [0.1, 0.15) is 23.0 Å². The number of carbonyl (C=O) groups is 2. The number of aromatic nitrogens is 1. The van der Waals surface area contributed by atoms with Crippen molar-refractivity contribution in [3.8, 4) is 0 Å². The van der Waals surface area contributed by atoms with Gasteiger partial charge in [-0.2, -0.15) is 0 Å². The molecule has 0 saturated heterocycles. The molecule has 1 amide bonds. The summed E-state index contributed by atoms with van der Waals surface area (Å²) in [5, 5.41) is 15.3. The number of nitrogen functional groups attached to an aromatic ring is 1. The Kier molecular flexibility index (Phi) is 5.42. The Labute approximate surface area is 140 Å². The van der Waals surface area contributed by atoms with Gasteiger partial charge in [0.25, 0.3) is 11.6 Å². The fourth-order valence-corrected chi connectivity index (χ4v) is 2.52. The van der Waals surface area contributed by atoms with Crippen LogP contribution in [0.4, 0.5) is 16.5 Å². The lowest BCUT2D eigenvalue weighted by Gasteiger charge is -2.03. The van der Waals surface area contributed by atoms with Crippen LogP contribution in [0.15, 0.2) is 23.6 Å². The smallest absolute Gasteiger partial charge is 0.311 e. The van der Waals surface area contributed by atoms with Crippen molar-refractivity contribution >= 4 is 39.7 Å². The van der Waals surface area contributed by atoms with E-state index in [2.05, 4.69) is 10.3 Å². The third-order valence-electron chi connectivity index (χ3n) is 2.89. The zero-order valence-corrected chi connectivity index (χ0v) is 13.5. The van der Waals surface area contributed by atoms with Crippen LogP contribution in [0.3, 0.4) is 0 Å². The Balaban J connectivity index is 2.07. The topological polar surface area (TPSA) is 137 Å². The number of hydrogen-bond donors (Lipinski definition) is 2. The second kappa shape index (κ2) is 7.51. The van der Waals surface area contributed by atoms with Crippen molar-refractivity contribution < 1.29 is 19.2 Å². The van der Waals surface area contributed by atoms with Gasteiger partial charge in [-0.1, -0.05) is 0 Å². The first-order valence-electron chi connectivity index (χ1n) is 6.86. The summed E-state index contributed by atoms with van der Waals surface area (Å²) in [6.07, 6.45) is 0.00749. The molecule has 2 rings (SSSR count). The van der Waals surface area contributed by atoms with E-state index in [1.807, 2.05) is 0 Å². The molecular weight excluding hydrogens is 336 g/mol. The van der Waals surface area contributed by atoms with E-state index in [9.17, 15) is 19.7 Å². The molecule has 0 unspecified atom stereocenters. The van der Waals surface area contributed by atoms with E-state index in [-0.39, 0.29) is 35.1 Å². The predicted molar refractivity (Wildman–Crippen MR) is 87.9 cm³/mol. The first-order valence-corrected chi connectivity index (χ1v) is 7.74. The highest BCUT2D eigenvalue weighted by Crippen LogP contribution is 2.23. The number of amides is 1. The predicted octanol–water partition coefficient (Wildman–Crippen LogP) is 1.99. The minimum absolute atomic E-state index is 0.00749. The summed E-state index contributed by atoms with van der Waals surface area (Å²) in [5.74, 6) is -0.968. The number of nitrogens with one attached hydrogen (secondary N) is 1. The van der Waals surface area contributed by atoms with Crippen molar-refractivity contribution in [2.45, 2.75) is 13.3 Å². The molecule has 0 fully saturated rings. The van der Waals surface area contributed by atoms with Crippen LogP contribution in [-0.2, 0) is 16.0 Å². The van der Waals surface area contributed by atoms with Crippen LogP contribution in [0, 0.1) is 10.1 Å². The van der Waals surface area contributed by atoms with Crippen LogP contribution in [0.5, 0.6) is 0 Å². The fourth-order valence-electron chi connectivity index (χ4n) is 1.82. The molecule has 0 aliphatic rings. The summed E-state index contributed by atoms with van der Waals surface area (Å²) >= 11 is 1.14. The van der Waals surface area contributed by atoms with Gasteiger partial charge >= 0.3 is 5.97 Å². The van der Waals surface area contributed by atoms with E-state index in [1.54, 1.807) is 12.3 Å². The van der Waals surface area contributed by atoms with Gasteiger partial charge in [0.2, 0.25) is 0 Å². The molecule has 3 N–H and O–H groups in total. The van der Waals surface area contributed by atoms with Crippen molar-refractivity contribution in [2.24, 2.45) is 0 Å². The van der Waals surface area contributed by atoms with E-state index in [4.69, 9.17) is 10.5 Å². The van der Waals surface area contributed by atoms with Gasteiger partial charge in [0.15, 0.2) is 5.13 Å². The molecule has 0 aliphatic heterocycles. The zero-order chi connectivity index (χ0) is 17.7. The molecule has 1 heterocycles. The molecule has 0 saturated carbocycles. The standard InChI is InChI=1S/C14H14N4O5S/c1-2-23-12(19)6-9-7-24-14(16-9)17-13(20)8-3-4-10(15)11(5-8)18(21)22/h3-5,7H,2,6,15H2,1H3,(H,16,17,20). The maximum atomic E-state index is 12.1. The number of rotatable bonds is 6. The summed E-state index contributed by atoms with van der Waals surface area (Å²) in [5.41, 5.74) is 5.67. The molecule has 1 aromatic carbocycles. The number of anilines is 2. The van der Waals surface area contributed by atoms with Crippen molar-refractivity contribution in [3.63, 3.8) is 0 Å². The van der Waals surface area contributed by atoms with Gasteiger partial charge < -0.3 is 10.5 Å². The SMILES string of the molecule is CCOC(=O)Cc1csc(NC(=O)c2ccc(N)c([N+](=O)[O-])c2)n1. The second-order valence-corrected chi connectivity index (χ2v) is 5.47. The lowest BCUT2D eigenvalue weighted by molar-refractivity contribution is -0.383. The van der Waals surface area contributed by atoms with Gasteiger partial charge in [-0.15, -0.1) is 11.3 Å². The average molecular weight is 350 g/mol. The summed E-state index contributed by atoms with van der Waals surface area (Å²) in [6, 6.07) is 3.77. The molecule has 10 heteroatoms. The van der Waals surface area contributed by atoms with E-state index in [0.717, 1.165) is 17.4 Å². The number of nitro benzene ring substituents is 1. The maximum Gasteiger partial charge on any atom is 0.311 e. The van der Waals surface area contributed by atoms with Gasteiger partial charge in [-0.25, -0.2) is 4.98 Å². The summed E-state index contributed by atoms with van der Waals surface area (Å²) < 4.78 is 4.81. The summed E-state index contributed by atoms with van der Waals surface area (Å²) in [4.78, 5) is 37.8. The second-order valence-electron chi connectivity index (χ2n) is 4.61. The number of nitrogens with zero attached hydrogens (tertiary/aromatic N) is 2. The zero-order valence-electron chi connectivity index (χ0n) is 12.6. The van der Waals surface area contributed by atoms with Gasteiger partial charge in [-0.3, -0.25) is 25.0 Å². The number of benzene rings is 1. The van der Waals surface area contributed by atoms with E-state index in [1.165, 1.54) is 12.1 Å². The molecule has 0 radical (unpaired) electrons. The van der Waals surface area contributed by atoms with Crippen LogP contribution in [0.2, 0.25) is 0 Å². The van der Waals surface area contributed by atoms with Crippen LogP contribution < -0.4 is 11.1 Å². The Morgan fingerprint density at radius 3 is 2.88 bits per heavy atom. The van der Waals surface area contributed by atoms with Gasteiger partial charge in [0.05, 0.1) is 23.6 Å². The highest BCUT2D eigenvalue weighted by molar-refractivity contribution is 7.14. The molecule has 0 atom stereocenters. The minimum atomic E-state index is -0.660. The Bertz CT molecular complexity index is 789. The average Bonchev–Trinajstić information content (AvgIpc) is 2.94. The van der Waals surface area contributed by atoms with Crippen molar-refractivity contribution in [1.82, 2.24) is 4.98 Å². The molecular formula is C14H14N4O5S. The Morgan fingerprint density at radius 2 is 2.21 bits per heavy atom. The monoisotopic (exact) mass is 350 g/mol. The Morgan fingerprint density at radius 1 is 1.46 bits per heavy atom. The van der Waals surface area contributed by atoms with Crippen LogP contribution in [0.25, 0.3) is 0 Å². The molecule has 0 aliphatic carbocycles. The van der Waals surface area contributed by atoms with E-state index >= 15 is 0 Å². The summed E-state index contributed by atoms with van der Waals surface area (Å²) in [6.45, 7) is 1.99. The highest BCUT2D eigenvalue weighted by Gasteiger charge is 2.17. The van der Waals surface area contributed by atoms with Gasteiger partial charge in [-0.05, 0) is 19.1 Å². The number of nitrogens with two attached hydrogens (primary N) is 1. The number of nitro groups is 1. The molecule has 2 aromatic rings. The lowest BCUT2D eigenvalue weighted by atomic mass is 10.1. The highest BCUT2D eigenvalue weighted by atomic mass is 32.1. The van der Waals surface area contributed by atoms with E-state index < -0.39 is 16.8 Å². The van der Waals surface area contributed by atoms with Crippen LogP contribution >= 0.6 is 11.3 Å². The third-order valence-corrected chi connectivity index (χ3v) is 3.70. The Hall–Kier alpha value is -3.01. The van der Waals surface area contributed by atoms with Gasteiger partial charge in [0, 0.05) is 17.0 Å². The molecule has 1 aromatic heterocycles. The number of esters is 1. The number of hydrogen-bond acceptors (Lipinski definition) is 8. The van der Waals surface area contributed by atoms with Crippen molar-refractivity contribution in [3.05, 3.63) is 45.0 Å². The summed E-state index contributed by atoms with van der Waals surface area (Å²) in [7, 11) is 0. The maximum absolute atomic E-state index is 12.1.